The van der Waals surface area contributed by atoms with Gasteiger partial charge in [-0.25, -0.2) is 0 Å². The maximum absolute atomic E-state index is 11.1. The second-order valence-electron chi connectivity index (χ2n) is 7.08. The fourth-order valence-corrected chi connectivity index (χ4v) is 3.66. The molecular weight excluding hydrogens is 328 g/mol. The van der Waals surface area contributed by atoms with Crippen LogP contribution in [-0.2, 0) is 24.9 Å². The molecule has 0 spiro atoms. The fraction of sp³-hybridized carbons (Fsp3) is 0.421. The standard InChI is InChI=1S/C19H24N6O/c1-12(26)21-15-8-14(9-15)19-24-23-18(25(19)2)11-20-10-16-7-13-5-3-4-6-17(13)22-16/h3-7,14-15,20,22H,8-11H2,1-2H3,(H,21,26). The van der Waals surface area contributed by atoms with Crippen molar-refractivity contribution in [3.8, 4) is 0 Å². The minimum Gasteiger partial charge on any atom is -0.357 e. The van der Waals surface area contributed by atoms with Gasteiger partial charge in [-0.05, 0) is 30.4 Å². The predicted octanol–water partition coefficient (Wildman–Crippen LogP) is 1.97. The topological polar surface area (TPSA) is 87.6 Å². The molecule has 7 nitrogen and oxygen atoms in total. The number of aromatic nitrogens is 4. The first kappa shape index (κ1) is 16.8. The Bertz CT molecular complexity index is 888. The van der Waals surface area contributed by atoms with E-state index in [0.29, 0.717) is 12.5 Å². The Kier molecular flexibility index (Phi) is 4.46. The van der Waals surface area contributed by atoms with Gasteiger partial charge in [0.15, 0.2) is 0 Å². The molecule has 1 fully saturated rings. The van der Waals surface area contributed by atoms with E-state index in [2.05, 4.69) is 48.6 Å². The molecule has 1 amide bonds. The van der Waals surface area contributed by atoms with Crippen molar-refractivity contribution < 1.29 is 4.79 Å². The average molecular weight is 352 g/mol. The summed E-state index contributed by atoms with van der Waals surface area (Å²) in [6.45, 7) is 2.98. The van der Waals surface area contributed by atoms with Crippen LogP contribution < -0.4 is 10.6 Å². The van der Waals surface area contributed by atoms with Gasteiger partial charge in [0, 0.05) is 43.7 Å². The van der Waals surface area contributed by atoms with Gasteiger partial charge < -0.3 is 20.2 Å². The van der Waals surface area contributed by atoms with Crippen LogP contribution in [0.15, 0.2) is 30.3 Å². The quantitative estimate of drug-likeness (QED) is 0.633. The third-order valence-corrected chi connectivity index (χ3v) is 5.09. The van der Waals surface area contributed by atoms with Gasteiger partial charge in [-0.15, -0.1) is 10.2 Å². The average Bonchev–Trinajstić information content (AvgIpc) is 3.14. The van der Waals surface area contributed by atoms with Crippen molar-refractivity contribution in [1.82, 2.24) is 30.4 Å². The van der Waals surface area contributed by atoms with Crippen LogP contribution in [0.3, 0.4) is 0 Å². The van der Waals surface area contributed by atoms with Crippen LogP contribution in [0.1, 0.15) is 43.0 Å². The summed E-state index contributed by atoms with van der Waals surface area (Å²) in [6, 6.07) is 10.7. The largest absolute Gasteiger partial charge is 0.357 e. The lowest BCUT2D eigenvalue weighted by atomic mass is 9.79. The van der Waals surface area contributed by atoms with Gasteiger partial charge in [0.25, 0.3) is 0 Å². The monoisotopic (exact) mass is 352 g/mol. The highest BCUT2D eigenvalue weighted by molar-refractivity contribution is 5.80. The molecular formula is C19H24N6O. The van der Waals surface area contributed by atoms with Crippen molar-refractivity contribution in [3.05, 3.63) is 47.7 Å². The zero-order chi connectivity index (χ0) is 18.1. The first-order valence-electron chi connectivity index (χ1n) is 9.03. The number of amides is 1. The molecule has 7 heteroatoms. The van der Waals surface area contributed by atoms with E-state index in [1.165, 1.54) is 5.39 Å². The molecule has 0 unspecified atom stereocenters. The summed E-state index contributed by atoms with van der Waals surface area (Å²) in [5.74, 6) is 2.35. The van der Waals surface area contributed by atoms with Crippen molar-refractivity contribution in [1.29, 1.82) is 0 Å². The summed E-state index contributed by atoms with van der Waals surface area (Å²) in [6.07, 6.45) is 1.88. The minimum absolute atomic E-state index is 0.0354. The van der Waals surface area contributed by atoms with E-state index in [0.717, 1.165) is 42.2 Å². The molecule has 1 aromatic carbocycles. The number of benzene rings is 1. The molecule has 136 valence electrons. The molecule has 0 atom stereocenters. The highest BCUT2D eigenvalue weighted by Crippen LogP contribution is 2.35. The molecule has 0 aliphatic heterocycles. The number of aromatic amines is 1. The van der Waals surface area contributed by atoms with Crippen LogP contribution in [0.25, 0.3) is 10.9 Å². The van der Waals surface area contributed by atoms with Crippen molar-refractivity contribution >= 4 is 16.8 Å². The number of carbonyl (C=O) groups excluding carboxylic acids is 1. The highest BCUT2D eigenvalue weighted by Gasteiger charge is 2.34. The van der Waals surface area contributed by atoms with Gasteiger partial charge in [-0.1, -0.05) is 18.2 Å². The van der Waals surface area contributed by atoms with Gasteiger partial charge in [0.05, 0.1) is 6.54 Å². The van der Waals surface area contributed by atoms with Gasteiger partial charge in [0.2, 0.25) is 5.91 Å². The lowest BCUT2D eigenvalue weighted by Crippen LogP contribution is -2.43. The number of rotatable bonds is 6. The molecule has 3 N–H and O–H groups in total. The first-order chi connectivity index (χ1) is 12.6. The van der Waals surface area contributed by atoms with Crippen LogP contribution >= 0.6 is 0 Å². The summed E-state index contributed by atoms with van der Waals surface area (Å²) >= 11 is 0. The molecule has 1 aliphatic carbocycles. The first-order valence-corrected chi connectivity index (χ1v) is 9.03. The molecule has 0 radical (unpaired) electrons. The van der Waals surface area contributed by atoms with Crippen molar-refractivity contribution in [2.24, 2.45) is 7.05 Å². The number of carbonyl (C=O) groups is 1. The molecule has 4 rings (SSSR count). The van der Waals surface area contributed by atoms with E-state index in [1.54, 1.807) is 6.92 Å². The van der Waals surface area contributed by atoms with Crippen LogP contribution in [-0.4, -0.2) is 31.7 Å². The summed E-state index contributed by atoms with van der Waals surface area (Å²) < 4.78 is 2.08. The van der Waals surface area contributed by atoms with Crippen molar-refractivity contribution in [3.63, 3.8) is 0 Å². The maximum Gasteiger partial charge on any atom is 0.217 e. The van der Waals surface area contributed by atoms with Gasteiger partial charge in [0.1, 0.15) is 11.6 Å². The molecule has 1 saturated carbocycles. The molecule has 2 aromatic heterocycles. The number of fused-ring (bicyclic) bond motifs is 1. The zero-order valence-corrected chi connectivity index (χ0v) is 15.1. The molecule has 0 bridgehead atoms. The summed E-state index contributed by atoms with van der Waals surface area (Å²) in [5.41, 5.74) is 2.31. The zero-order valence-electron chi connectivity index (χ0n) is 15.1. The number of hydrogen-bond donors (Lipinski definition) is 3. The van der Waals surface area contributed by atoms with Crippen LogP contribution in [0.4, 0.5) is 0 Å². The van der Waals surface area contributed by atoms with Gasteiger partial charge in [-0.3, -0.25) is 4.79 Å². The minimum atomic E-state index is 0.0354. The predicted molar refractivity (Wildman–Crippen MR) is 99.4 cm³/mol. The van der Waals surface area contributed by atoms with E-state index in [4.69, 9.17) is 0 Å². The van der Waals surface area contributed by atoms with Crippen LogP contribution in [0.2, 0.25) is 0 Å². The van der Waals surface area contributed by atoms with E-state index >= 15 is 0 Å². The van der Waals surface area contributed by atoms with Gasteiger partial charge in [-0.2, -0.15) is 0 Å². The molecule has 2 heterocycles. The lowest BCUT2D eigenvalue weighted by molar-refractivity contribution is -0.120. The highest BCUT2D eigenvalue weighted by atomic mass is 16.1. The number of nitrogens with one attached hydrogen (secondary N) is 3. The van der Waals surface area contributed by atoms with E-state index in [9.17, 15) is 4.79 Å². The Morgan fingerprint density at radius 3 is 2.85 bits per heavy atom. The summed E-state index contributed by atoms with van der Waals surface area (Å²) in [4.78, 5) is 14.5. The number of para-hydroxylation sites is 1. The number of H-pyrrole nitrogens is 1. The number of hydrogen-bond acceptors (Lipinski definition) is 4. The maximum atomic E-state index is 11.1. The summed E-state index contributed by atoms with van der Waals surface area (Å²) in [7, 11) is 2.01. The third-order valence-electron chi connectivity index (χ3n) is 5.09. The Labute approximate surface area is 152 Å². The van der Waals surface area contributed by atoms with Crippen LogP contribution in [0.5, 0.6) is 0 Å². The van der Waals surface area contributed by atoms with Gasteiger partial charge >= 0.3 is 0 Å². The Morgan fingerprint density at radius 2 is 2.08 bits per heavy atom. The number of nitrogens with zero attached hydrogens (tertiary/aromatic N) is 3. The Morgan fingerprint density at radius 1 is 1.27 bits per heavy atom. The Balaban J connectivity index is 1.32. The van der Waals surface area contributed by atoms with E-state index < -0.39 is 0 Å². The normalized spacial score (nSPS) is 19.5. The molecule has 26 heavy (non-hydrogen) atoms. The third kappa shape index (κ3) is 3.35. The lowest BCUT2D eigenvalue weighted by Gasteiger charge is -2.34. The van der Waals surface area contributed by atoms with E-state index in [1.807, 2.05) is 19.2 Å². The molecule has 0 saturated heterocycles. The SMILES string of the molecule is CC(=O)NC1CC(c2nnc(CNCc3cc4ccccc4[nH]3)n2C)C1. The van der Waals surface area contributed by atoms with Crippen LogP contribution in [0, 0.1) is 0 Å². The Hall–Kier alpha value is -2.67. The smallest absolute Gasteiger partial charge is 0.217 e. The molecule has 3 aromatic rings. The second kappa shape index (κ2) is 6.92. The summed E-state index contributed by atoms with van der Waals surface area (Å²) in [5, 5.41) is 16.3. The van der Waals surface area contributed by atoms with Crippen molar-refractivity contribution in [2.75, 3.05) is 0 Å². The van der Waals surface area contributed by atoms with Crippen molar-refractivity contribution in [2.45, 2.75) is 44.8 Å². The van der Waals surface area contributed by atoms with E-state index in [-0.39, 0.29) is 11.9 Å². The second-order valence-corrected chi connectivity index (χ2v) is 7.08. The molecule has 1 aliphatic rings. The fourth-order valence-electron chi connectivity index (χ4n) is 3.66.